The molecule has 12 heteroatoms. The lowest BCUT2D eigenvalue weighted by molar-refractivity contribution is -0.126. The van der Waals surface area contributed by atoms with E-state index in [-0.39, 0.29) is 18.2 Å². The van der Waals surface area contributed by atoms with E-state index in [1.165, 1.54) is 0 Å². The molecule has 0 bridgehead atoms. The third-order valence-electron chi connectivity index (χ3n) is 8.06. The smallest absolute Gasteiger partial charge is 0.408 e. The van der Waals surface area contributed by atoms with Crippen molar-refractivity contribution in [1.29, 1.82) is 0 Å². The summed E-state index contributed by atoms with van der Waals surface area (Å²) in [5.41, 5.74) is -2.04. The van der Waals surface area contributed by atoms with E-state index in [2.05, 4.69) is 16.0 Å². The van der Waals surface area contributed by atoms with Gasteiger partial charge in [-0.05, 0) is 43.6 Å². The fraction of sp³-hybridized carbons (Fsp3) is 0.667. The number of nitrogens with one attached hydrogen (secondary N) is 3. The molecule has 11 nitrogen and oxygen atoms in total. The lowest BCUT2D eigenvalue weighted by Crippen LogP contribution is -2.55. The SMILES string of the molecule is O=C(N[C@@H](CC1CCCCC1)C(=O)N[C@@H](C[C@@H]1CCNC1=O)C(O)S(=O)(=O)[O-])OC1(Cc2ccccc2)CC1. The molecule has 2 aliphatic carbocycles. The van der Waals surface area contributed by atoms with Crippen LogP contribution in [0, 0.1) is 11.8 Å². The summed E-state index contributed by atoms with van der Waals surface area (Å²) in [6, 6.07) is 7.09. The molecule has 1 aliphatic heterocycles. The summed E-state index contributed by atoms with van der Waals surface area (Å²) in [6.45, 7) is 0.382. The number of amides is 3. The molecule has 1 heterocycles. The van der Waals surface area contributed by atoms with Crippen LogP contribution in [-0.2, 0) is 30.9 Å². The van der Waals surface area contributed by atoms with Crippen molar-refractivity contribution >= 4 is 28.0 Å². The number of hydrogen-bond acceptors (Lipinski definition) is 8. The average molecular weight is 565 g/mol. The van der Waals surface area contributed by atoms with Crippen LogP contribution in [0.25, 0.3) is 0 Å². The molecule has 3 aliphatic rings. The lowest BCUT2D eigenvalue weighted by Gasteiger charge is -2.31. The summed E-state index contributed by atoms with van der Waals surface area (Å²) in [7, 11) is -5.18. The van der Waals surface area contributed by atoms with Crippen molar-refractivity contribution in [3.63, 3.8) is 0 Å². The number of alkyl carbamates (subject to hydrolysis) is 1. The van der Waals surface area contributed by atoms with Gasteiger partial charge in [-0.2, -0.15) is 0 Å². The van der Waals surface area contributed by atoms with Crippen molar-refractivity contribution in [2.75, 3.05) is 6.54 Å². The quantitative estimate of drug-likeness (QED) is 0.278. The van der Waals surface area contributed by atoms with Gasteiger partial charge in [-0.1, -0.05) is 62.4 Å². The molecule has 39 heavy (non-hydrogen) atoms. The third kappa shape index (κ3) is 8.39. The number of hydrogen-bond donors (Lipinski definition) is 4. The van der Waals surface area contributed by atoms with E-state index >= 15 is 0 Å². The maximum atomic E-state index is 13.4. The van der Waals surface area contributed by atoms with Crippen LogP contribution in [0.1, 0.15) is 69.8 Å². The van der Waals surface area contributed by atoms with Gasteiger partial charge in [0.2, 0.25) is 11.8 Å². The van der Waals surface area contributed by atoms with Crippen LogP contribution in [0.3, 0.4) is 0 Å². The molecule has 0 spiro atoms. The van der Waals surface area contributed by atoms with Gasteiger partial charge in [-0.3, -0.25) is 9.59 Å². The molecule has 1 aromatic rings. The van der Waals surface area contributed by atoms with Crippen LogP contribution in [0.5, 0.6) is 0 Å². The van der Waals surface area contributed by atoms with Gasteiger partial charge in [0.05, 0.1) is 6.04 Å². The normalized spacial score (nSPS) is 23.2. The highest BCUT2D eigenvalue weighted by Crippen LogP contribution is 2.42. The number of aliphatic hydroxyl groups excluding tert-OH is 1. The van der Waals surface area contributed by atoms with Crippen LogP contribution < -0.4 is 16.0 Å². The van der Waals surface area contributed by atoms with E-state index in [4.69, 9.17) is 4.74 Å². The van der Waals surface area contributed by atoms with E-state index in [9.17, 15) is 32.5 Å². The van der Waals surface area contributed by atoms with Gasteiger partial charge in [0.25, 0.3) is 0 Å². The molecular weight excluding hydrogens is 526 g/mol. The third-order valence-corrected chi connectivity index (χ3v) is 8.98. The topological polar surface area (TPSA) is 174 Å². The number of benzene rings is 1. The number of rotatable bonds is 12. The van der Waals surface area contributed by atoms with Crippen LogP contribution >= 0.6 is 0 Å². The zero-order chi connectivity index (χ0) is 28.0. The van der Waals surface area contributed by atoms with Gasteiger partial charge >= 0.3 is 6.09 Å². The predicted molar refractivity (Wildman–Crippen MR) is 140 cm³/mol. The Labute approximate surface area is 229 Å². The van der Waals surface area contributed by atoms with Crippen molar-refractivity contribution in [2.45, 2.75) is 93.7 Å². The highest BCUT2D eigenvalue weighted by molar-refractivity contribution is 7.86. The van der Waals surface area contributed by atoms with Gasteiger partial charge in [0.1, 0.15) is 21.8 Å². The first kappa shape index (κ1) is 29.3. The minimum absolute atomic E-state index is 0.168. The van der Waals surface area contributed by atoms with Gasteiger partial charge < -0.3 is 30.3 Å². The van der Waals surface area contributed by atoms with E-state index in [1.54, 1.807) is 0 Å². The molecule has 3 fully saturated rings. The summed E-state index contributed by atoms with van der Waals surface area (Å²) < 4.78 is 40.7. The molecule has 4 atom stereocenters. The first-order valence-electron chi connectivity index (χ1n) is 13.8. The lowest BCUT2D eigenvalue weighted by atomic mass is 9.84. The summed E-state index contributed by atoms with van der Waals surface area (Å²) >= 11 is 0. The number of aliphatic hydroxyl groups is 1. The fourth-order valence-electron chi connectivity index (χ4n) is 5.69. The highest BCUT2D eigenvalue weighted by atomic mass is 32.2. The van der Waals surface area contributed by atoms with Crippen molar-refractivity contribution in [3.05, 3.63) is 35.9 Å². The second-order valence-electron chi connectivity index (χ2n) is 11.2. The minimum atomic E-state index is -5.18. The number of carbonyl (C=O) groups is 3. The standard InChI is InChI=1S/C27H39N3O8S/c31-23-20(11-14-28-23)16-22(25(33)39(35,36)37)29-24(32)21(15-18-7-3-1-4-8-18)30-26(34)38-27(12-13-27)17-19-9-5-2-6-10-19/h2,5-6,9-10,18,20-22,25,33H,1,3-4,7-8,11-17H2,(H,28,31)(H,29,32)(H,30,34)(H,35,36,37)/p-1/t20-,21-,22-,25?/m0/s1. The Morgan fingerprint density at radius 1 is 1.08 bits per heavy atom. The van der Waals surface area contributed by atoms with E-state index in [0.29, 0.717) is 38.6 Å². The number of carbonyl (C=O) groups excluding carboxylic acids is 3. The molecule has 2 saturated carbocycles. The highest BCUT2D eigenvalue weighted by Gasteiger charge is 2.47. The molecule has 3 amide bonds. The van der Waals surface area contributed by atoms with Crippen molar-refractivity contribution in [2.24, 2.45) is 11.8 Å². The fourth-order valence-corrected chi connectivity index (χ4v) is 6.27. The molecule has 0 aromatic heterocycles. The average Bonchev–Trinajstić information content (AvgIpc) is 3.52. The van der Waals surface area contributed by atoms with Crippen LogP contribution in [-0.4, -0.2) is 65.7 Å². The summed E-state index contributed by atoms with van der Waals surface area (Å²) in [6.07, 6.45) is 6.59. The Kier molecular flexibility index (Phi) is 9.50. The Hall–Kier alpha value is -2.70. The van der Waals surface area contributed by atoms with Crippen molar-refractivity contribution in [3.8, 4) is 0 Å². The van der Waals surface area contributed by atoms with Crippen LogP contribution in [0.15, 0.2) is 30.3 Å². The van der Waals surface area contributed by atoms with E-state index < -0.39 is 51.2 Å². The first-order valence-corrected chi connectivity index (χ1v) is 15.3. The van der Waals surface area contributed by atoms with Gasteiger partial charge in [0, 0.05) is 18.9 Å². The maximum Gasteiger partial charge on any atom is 0.408 e. The van der Waals surface area contributed by atoms with E-state index in [1.807, 2.05) is 30.3 Å². The molecular formula is C27H38N3O8S-. The van der Waals surface area contributed by atoms with Gasteiger partial charge in [0.15, 0.2) is 5.44 Å². The summed E-state index contributed by atoms with van der Waals surface area (Å²) in [5.74, 6) is -1.55. The molecule has 1 unspecified atom stereocenters. The molecule has 1 saturated heterocycles. The minimum Gasteiger partial charge on any atom is -0.746 e. The Morgan fingerprint density at radius 3 is 2.36 bits per heavy atom. The predicted octanol–water partition coefficient (Wildman–Crippen LogP) is 1.70. The number of ether oxygens (including phenoxy) is 1. The zero-order valence-corrected chi connectivity index (χ0v) is 22.8. The first-order chi connectivity index (χ1) is 18.5. The van der Waals surface area contributed by atoms with Crippen LogP contribution in [0.2, 0.25) is 0 Å². The van der Waals surface area contributed by atoms with Crippen LogP contribution in [0.4, 0.5) is 4.79 Å². The summed E-state index contributed by atoms with van der Waals surface area (Å²) in [4.78, 5) is 38.5. The van der Waals surface area contributed by atoms with Gasteiger partial charge in [-0.25, -0.2) is 13.2 Å². The van der Waals surface area contributed by atoms with Gasteiger partial charge in [-0.15, -0.1) is 0 Å². The molecule has 4 N–H and O–H groups in total. The second-order valence-corrected chi connectivity index (χ2v) is 12.7. The van der Waals surface area contributed by atoms with E-state index in [0.717, 1.165) is 37.7 Å². The maximum absolute atomic E-state index is 13.4. The second kappa shape index (κ2) is 12.6. The molecule has 1 aromatic carbocycles. The molecule has 4 rings (SSSR count). The Morgan fingerprint density at radius 2 is 1.77 bits per heavy atom. The van der Waals surface area contributed by atoms with Crippen molar-refractivity contribution in [1.82, 2.24) is 16.0 Å². The Balaban J connectivity index is 1.45. The van der Waals surface area contributed by atoms with Crippen molar-refractivity contribution < 1.29 is 37.2 Å². The molecule has 216 valence electrons. The molecule has 0 radical (unpaired) electrons. The summed E-state index contributed by atoms with van der Waals surface area (Å²) in [5, 5.41) is 18.0. The monoisotopic (exact) mass is 564 g/mol. The largest absolute Gasteiger partial charge is 0.746 e. The zero-order valence-electron chi connectivity index (χ0n) is 22.0. The Bertz CT molecular complexity index is 1120.